The number of hydrogen-bond donors (Lipinski definition) is 1. The van der Waals surface area contributed by atoms with Gasteiger partial charge in [0.1, 0.15) is 0 Å². The van der Waals surface area contributed by atoms with E-state index in [0.717, 1.165) is 45.4 Å². The number of hydrogen-bond acceptors (Lipinski definition) is 3. The van der Waals surface area contributed by atoms with E-state index in [1.54, 1.807) is 0 Å². The second-order valence-electron chi connectivity index (χ2n) is 5.78. The minimum Gasteiger partial charge on any atom is -0.342 e. The molecule has 1 aliphatic heterocycles. The van der Waals surface area contributed by atoms with Crippen LogP contribution in [0.15, 0.2) is 30.3 Å². The average Bonchev–Trinajstić information content (AvgIpc) is 2.54. The molecule has 1 amide bonds. The Morgan fingerprint density at radius 2 is 1.86 bits per heavy atom. The number of carbonyl (C=O) groups is 1. The van der Waals surface area contributed by atoms with Crippen molar-refractivity contribution in [3.8, 4) is 0 Å². The Labute approximate surface area is 127 Å². The van der Waals surface area contributed by atoms with Gasteiger partial charge in [0, 0.05) is 26.2 Å². The number of nitrogens with two attached hydrogens (primary N) is 1. The van der Waals surface area contributed by atoms with Crippen molar-refractivity contribution in [1.82, 2.24) is 9.80 Å². The third-order valence-corrected chi connectivity index (χ3v) is 4.00. The second-order valence-corrected chi connectivity index (χ2v) is 5.78. The van der Waals surface area contributed by atoms with Crippen LogP contribution < -0.4 is 5.73 Å². The van der Waals surface area contributed by atoms with Crippen molar-refractivity contribution in [2.75, 3.05) is 32.7 Å². The predicted molar refractivity (Wildman–Crippen MR) is 85.8 cm³/mol. The molecule has 0 spiro atoms. The van der Waals surface area contributed by atoms with Gasteiger partial charge in [-0.2, -0.15) is 0 Å². The number of piperidine rings is 1. The highest BCUT2D eigenvalue weighted by Crippen LogP contribution is 2.11. The van der Waals surface area contributed by atoms with E-state index in [-0.39, 0.29) is 5.91 Å². The fourth-order valence-electron chi connectivity index (χ4n) is 2.81. The maximum atomic E-state index is 12.4. The largest absolute Gasteiger partial charge is 0.342 e. The molecule has 0 aromatic heterocycles. The van der Waals surface area contributed by atoms with Crippen LogP contribution in [0.4, 0.5) is 0 Å². The maximum Gasteiger partial charge on any atom is 0.236 e. The van der Waals surface area contributed by atoms with Crippen LogP contribution in [-0.4, -0.2) is 48.4 Å². The molecule has 2 rings (SSSR count). The van der Waals surface area contributed by atoms with Crippen molar-refractivity contribution < 1.29 is 4.79 Å². The molecule has 0 saturated carbocycles. The van der Waals surface area contributed by atoms with Gasteiger partial charge in [-0.15, -0.1) is 0 Å². The maximum absolute atomic E-state index is 12.4. The van der Waals surface area contributed by atoms with Gasteiger partial charge in [-0.05, 0) is 37.8 Å². The molecule has 1 saturated heterocycles. The van der Waals surface area contributed by atoms with Crippen LogP contribution in [0.1, 0.15) is 31.2 Å². The van der Waals surface area contributed by atoms with Gasteiger partial charge in [-0.1, -0.05) is 30.3 Å². The van der Waals surface area contributed by atoms with Crippen LogP contribution >= 0.6 is 0 Å². The molecule has 1 aromatic carbocycles. The molecule has 4 heteroatoms. The van der Waals surface area contributed by atoms with E-state index in [1.165, 1.54) is 12.0 Å². The Bertz CT molecular complexity index is 415. The molecule has 2 N–H and O–H groups in total. The normalized spacial score (nSPS) is 15.4. The van der Waals surface area contributed by atoms with Crippen LogP contribution in [0.2, 0.25) is 0 Å². The van der Waals surface area contributed by atoms with Crippen LogP contribution in [0, 0.1) is 0 Å². The molecule has 116 valence electrons. The highest BCUT2D eigenvalue weighted by atomic mass is 16.2. The van der Waals surface area contributed by atoms with Gasteiger partial charge >= 0.3 is 0 Å². The van der Waals surface area contributed by atoms with E-state index >= 15 is 0 Å². The number of rotatable bonds is 7. The van der Waals surface area contributed by atoms with Gasteiger partial charge < -0.3 is 10.6 Å². The first kappa shape index (κ1) is 16.0. The third-order valence-electron chi connectivity index (χ3n) is 4.00. The fraction of sp³-hybridized carbons (Fsp3) is 0.588. The lowest BCUT2D eigenvalue weighted by Crippen LogP contribution is -2.43. The van der Waals surface area contributed by atoms with Gasteiger partial charge in [-0.25, -0.2) is 0 Å². The summed E-state index contributed by atoms with van der Waals surface area (Å²) in [5.74, 6) is 0.266. The van der Waals surface area contributed by atoms with Crippen molar-refractivity contribution in [3.63, 3.8) is 0 Å². The Hall–Kier alpha value is -1.39. The molecular formula is C17H27N3O. The zero-order chi connectivity index (χ0) is 14.9. The van der Waals surface area contributed by atoms with Crippen molar-refractivity contribution in [3.05, 3.63) is 35.9 Å². The second kappa shape index (κ2) is 8.80. The molecule has 0 bridgehead atoms. The lowest BCUT2D eigenvalue weighted by atomic mass is 10.1. The third kappa shape index (κ3) is 5.48. The SMILES string of the molecule is NCCCN(CC(=O)N1CCCCC1)Cc1ccccc1. The Kier molecular flexibility index (Phi) is 6.70. The summed E-state index contributed by atoms with van der Waals surface area (Å²) in [6, 6.07) is 10.3. The molecule has 1 aliphatic rings. The topological polar surface area (TPSA) is 49.6 Å². The van der Waals surface area contributed by atoms with Crippen molar-refractivity contribution >= 4 is 5.91 Å². The summed E-state index contributed by atoms with van der Waals surface area (Å²) in [7, 11) is 0. The summed E-state index contributed by atoms with van der Waals surface area (Å²) in [6.07, 6.45) is 4.48. The Morgan fingerprint density at radius 1 is 1.14 bits per heavy atom. The Balaban J connectivity index is 1.90. The number of carbonyl (C=O) groups excluding carboxylic acids is 1. The summed E-state index contributed by atoms with van der Waals surface area (Å²) >= 11 is 0. The van der Waals surface area contributed by atoms with Crippen LogP contribution in [0.25, 0.3) is 0 Å². The van der Waals surface area contributed by atoms with Crippen molar-refractivity contribution in [2.24, 2.45) is 5.73 Å². The monoisotopic (exact) mass is 289 g/mol. The van der Waals surface area contributed by atoms with Gasteiger partial charge in [0.15, 0.2) is 0 Å². The molecular weight excluding hydrogens is 262 g/mol. The lowest BCUT2D eigenvalue weighted by molar-refractivity contribution is -0.133. The van der Waals surface area contributed by atoms with E-state index < -0.39 is 0 Å². The van der Waals surface area contributed by atoms with Gasteiger partial charge in [0.2, 0.25) is 5.91 Å². The molecule has 4 nitrogen and oxygen atoms in total. The van der Waals surface area contributed by atoms with Gasteiger partial charge in [0.05, 0.1) is 6.54 Å². The summed E-state index contributed by atoms with van der Waals surface area (Å²) in [4.78, 5) is 16.7. The molecule has 1 heterocycles. The fourth-order valence-corrected chi connectivity index (χ4v) is 2.81. The molecule has 0 aliphatic carbocycles. The molecule has 1 fully saturated rings. The van der Waals surface area contributed by atoms with E-state index in [9.17, 15) is 4.79 Å². The average molecular weight is 289 g/mol. The van der Waals surface area contributed by atoms with Crippen LogP contribution in [-0.2, 0) is 11.3 Å². The van der Waals surface area contributed by atoms with E-state index in [4.69, 9.17) is 5.73 Å². The van der Waals surface area contributed by atoms with Crippen molar-refractivity contribution in [1.29, 1.82) is 0 Å². The molecule has 1 aromatic rings. The van der Waals surface area contributed by atoms with E-state index in [2.05, 4.69) is 17.0 Å². The molecule has 0 unspecified atom stereocenters. The highest BCUT2D eigenvalue weighted by Gasteiger charge is 2.19. The number of likely N-dealkylation sites (tertiary alicyclic amines) is 1. The van der Waals surface area contributed by atoms with E-state index in [0.29, 0.717) is 13.1 Å². The standard InChI is InChI=1S/C17H27N3O/c18-10-7-11-19(14-16-8-3-1-4-9-16)15-17(21)20-12-5-2-6-13-20/h1,3-4,8-9H,2,5-7,10-15,18H2. The zero-order valence-electron chi connectivity index (χ0n) is 12.8. The summed E-state index contributed by atoms with van der Waals surface area (Å²) < 4.78 is 0. The molecule has 0 radical (unpaired) electrons. The van der Waals surface area contributed by atoms with Crippen molar-refractivity contribution in [2.45, 2.75) is 32.2 Å². The highest BCUT2D eigenvalue weighted by molar-refractivity contribution is 5.78. The first-order valence-electron chi connectivity index (χ1n) is 8.03. The molecule has 0 atom stereocenters. The molecule has 21 heavy (non-hydrogen) atoms. The van der Waals surface area contributed by atoms with Crippen LogP contribution in [0.5, 0.6) is 0 Å². The first-order valence-corrected chi connectivity index (χ1v) is 8.03. The minimum atomic E-state index is 0.266. The minimum absolute atomic E-state index is 0.266. The first-order chi connectivity index (χ1) is 10.3. The summed E-state index contributed by atoms with van der Waals surface area (Å²) in [6.45, 7) is 4.73. The van der Waals surface area contributed by atoms with Crippen LogP contribution in [0.3, 0.4) is 0 Å². The number of nitrogens with zero attached hydrogens (tertiary/aromatic N) is 2. The van der Waals surface area contributed by atoms with E-state index in [1.807, 2.05) is 23.1 Å². The predicted octanol–water partition coefficient (Wildman–Crippen LogP) is 1.85. The van der Waals surface area contributed by atoms with Gasteiger partial charge in [-0.3, -0.25) is 9.69 Å². The summed E-state index contributed by atoms with van der Waals surface area (Å²) in [5.41, 5.74) is 6.87. The summed E-state index contributed by atoms with van der Waals surface area (Å²) in [5, 5.41) is 0. The zero-order valence-corrected chi connectivity index (χ0v) is 12.8. The number of amides is 1. The number of benzene rings is 1. The Morgan fingerprint density at radius 3 is 2.52 bits per heavy atom. The quantitative estimate of drug-likeness (QED) is 0.833. The smallest absolute Gasteiger partial charge is 0.236 e. The van der Waals surface area contributed by atoms with Gasteiger partial charge in [0.25, 0.3) is 0 Å². The lowest BCUT2D eigenvalue weighted by Gasteiger charge is -2.30.